The van der Waals surface area contributed by atoms with Crippen LogP contribution in [0.2, 0.25) is 0 Å². The van der Waals surface area contributed by atoms with Gasteiger partial charge in [0.05, 0.1) is 18.1 Å². The van der Waals surface area contributed by atoms with Crippen LogP contribution in [0.15, 0.2) is 29.2 Å². The third-order valence-corrected chi connectivity index (χ3v) is 6.58. The van der Waals surface area contributed by atoms with Crippen molar-refractivity contribution in [2.75, 3.05) is 32.8 Å². The van der Waals surface area contributed by atoms with Crippen LogP contribution in [0.5, 0.6) is 0 Å². The highest BCUT2D eigenvalue weighted by atomic mass is 32.2. The van der Waals surface area contributed by atoms with E-state index in [2.05, 4.69) is 6.92 Å². The smallest absolute Gasteiger partial charge is 0.254 e. The number of carbonyl (C=O) groups excluding carboxylic acids is 1. The lowest BCUT2D eigenvalue weighted by atomic mass is 10.2. The Labute approximate surface area is 149 Å². The molecule has 1 saturated carbocycles. The molecule has 2 fully saturated rings. The van der Waals surface area contributed by atoms with E-state index in [4.69, 9.17) is 4.74 Å². The number of sulfonamides is 1. The molecule has 0 atom stereocenters. The van der Waals surface area contributed by atoms with Crippen molar-refractivity contribution in [3.05, 3.63) is 29.8 Å². The highest BCUT2D eigenvalue weighted by Gasteiger charge is 2.33. The zero-order chi connectivity index (χ0) is 17.9. The van der Waals surface area contributed by atoms with Gasteiger partial charge >= 0.3 is 0 Å². The van der Waals surface area contributed by atoms with Crippen LogP contribution in [0.25, 0.3) is 0 Å². The number of rotatable bonds is 7. The van der Waals surface area contributed by atoms with Crippen LogP contribution in [-0.2, 0) is 14.8 Å². The van der Waals surface area contributed by atoms with Crippen molar-refractivity contribution in [3.8, 4) is 0 Å². The molecular formula is C18H26N2O4S. The number of unbranched alkanes of at least 4 members (excludes halogenated alkanes) is 1. The van der Waals surface area contributed by atoms with Gasteiger partial charge in [0.2, 0.25) is 10.0 Å². The predicted molar refractivity (Wildman–Crippen MR) is 95.0 cm³/mol. The molecule has 2 aliphatic rings. The summed E-state index contributed by atoms with van der Waals surface area (Å²) in [5.41, 5.74) is 0.456. The first-order valence-corrected chi connectivity index (χ1v) is 10.5. The number of hydrogen-bond donors (Lipinski definition) is 0. The van der Waals surface area contributed by atoms with E-state index >= 15 is 0 Å². The molecule has 25 heavy (non-hydrogen) atoms. The van der Waals surface area contributed by atoms with Gasteiger partial charge in [0.15, 0.2) is 0 Å². The molecule has 0 radical (unpaired) electrons. The van der Waals surface area contributed by atoms with Crippen LogP contribution in [0.4, 0.5) is 0 Å². The van der Waals surface area contributed by atoms with E-state index in [0.29, 0.717) is 37.9 Å². The Morgan fingerprint density at radius 1 is 1.28 bits per heavy atom. The van der Waals surface area contributed by atoms with Crippen molar-refractivity contribution in [1.82, 2.24) is 9.21 Å². The number of nitrogens with zero attached hydrogens (tertiary/aromatic N) is 2. The molecule has 0 unspecified atom stereocenters. The van der Waals surface area contributed by atoms with Crippen molar-refractivity contribution in [3.63, 3.8) is 0 Å². The summed E-state index contributed by atoms with van der Waals surface area (Å²) in [5, 5.41) is 0. The Balaban J connectivity index is 1.81. The molecule has 7 heteroatoms. The lowest BCUT2D eigenvalue weighted by Gasteiger charge is -2.26. The average Bonchev–Trinajstić information content (AvgIpc) is 3.48. The van der Waals surface area contributed by atoms with E-state index in [1.807, 2.05) is 4.90 Å². The molecule has 1 aromatic carbocycles. The van der Waals surface area contributed by atoms with Crippen molar-refractivity contribution in [2.24, 2.45) is 0 Å². The normalized spacial score (nSPS) is 18.9. The summed E-state index contributed by atoms with van der Waals surface area (Å²) in [4.78, 5) is 15.0. The minimum absolute atomic E-state index is 0.0602. The van der Waals surface area contributed by atoms with E-state index in [1.165, 1.54) is 10.4 Å². The van der Waals surface area contributed by atoms with Gasteiger partial charge in [-0.25, -0.2) is 8.42 Å². The molecule has 1 aliphatic heterocycles. The van der Waals surface area contributed by atoms with Gasteiger partial charge in [-0.1, -0.05) is 19.4 Å². The van der Waals surface area contributed by atoms with Crippen LogP contribution < -0.4 is 0 Å². The van der Waals surface area contributed by atoms with E-state index in [-0.39, 0.29) is 10.8 Å². The highest BCUT2D eigenvalue weighted by Crippen LogP contribution is 2.29. The first-order valence-electron chi connectivity index (χ1n) is 9.03. The molecular weight excluding hydrogens is 340 g/mol. The highest BCUT2D eigenvalue weighted by molar-refractivity contribution is 7.89. The number of ether oxygens (including phenoxy) is 1. The third kappa shape index (κ3) is 4.22. The Hall–Kier alpha value is -1.44. The summed E-state index contributed by atoms with van der Waals surface area (Å²) in [5.74, 6) is -0.0602. The first kappa shape index (κ1) is 18.4. The molecule has 0 spiro atoms. The topological polar surface area (TPSA) is 66.9 Å². The standard InChI is InChI=1S/C18H26N2O4S/c1-2-3-9-20(16-7-8-16)18(21)15-5-4-6-17(14-15)25(22,23)19-10-12-24-13-11-19/h4-6,14,16H,2-3,7-13H2,1H3. The second-order valence-corrected chi connectivity index (χ2v) is 8.57. The summed E-state index contributed by atoms with van der Waals surface area (Å²) in [7, 11) is -3.58. The molecule has 3 rings (SSSR count). The quantitative estimate of drug-likeness (QED) is 0.741. The summed E-state index contributed by atoms with van der Waals surface area (Å²) in [6.45, 7) is 4.36. The van der Waals surface area contributed by atoms with Crippen molar-refractivity contribution >= 4 is 15.9 Å². The third-order valence-electron chi connectivity index (χ3n) is 4.69. The van der Waals surface area contributed by atoms with E-state index in [9.17, 15) is 13.2 Å². The molecule has 1 aromatic rings. The van der Waals surface area contributed by atoms with Crippen LogP contribution in [-0.4, -0.2) is 62.4 Å². The minimum atomic E-state index is -3.58. The largest absolute Gasteiger partial charge is 0.379 e. The SMILES string of the molecule is CCCCN(C(=O)c1cccc(S(=O)(=O)N2CCOCC2)c1)C1CC1. The molecule has 1 heterocycles. The lowest BCUT2D eigenvalue weighted by molar-refractivity contribution is 0.0728. The van der Waals surface area contributed by atoms with Crippen molar-refractivity contribution in [2.45, 2.75) is 43.5 Å². The van der Waals surface area contributed by atoms with Crippen LogP contribution in [0.1, 0.15) is 43.0 Å². The fourth-order valence-electron chi connectivity index (χ4n) is 3.06. The van der Waals surface area contributed by atoms with Gasteiger partial charge in [-0.2, -0.15) is 4.31 Å². The minimum Gasteiger partial charge on any atom is -0.379 e. The van der Waals surface area contributed by atoms with Gasteiger partial charge < -0.3 is 9.64 Å². The monoisotopic (exact) mass is 366 g/mol. The van der Waals surface area contributed by atoms with Gasteiger partial charge in [0.25, 0.3) is 5.91 Å². The lowest BCUT2D eigenvalue weighted by Crippen LogP contribution is -2.40. The summed E-state index contributed by atoms with van der Waals surface area (Å²) in [6, 6.07) is 6.77. The number of morpholine rings is 1. The van der Waals surface area contributed by atoms with Crippen LogP contribution in [0, 0.1) is 0 Å². The second kappa shape index (κ2) is 7.85. The number of carbonyl (C=O) groups is 1. The van der Waals surface area contributed by atoms with Crippen LogP contribution in [0.3, 0.4) is 0 Å². The maximum Gasteiger partial charge on any atom is 0.254 e. The predicted octanol–water partition coefficient (Wildman–Crippen LogP) is 2.11. The molecule has 0 bridgehead atoms. The van der Waals surface area contributed by atoms with Gasteiger partial charge in [-0.05, 0) is 37.5 Å². The van der Waals surface area contributed by atoms with E-state index in [1.54, 1.807) is 18.2 Å². The van der Waals surface area contributed by atoms with Crippen molar-refractivity contribution < 1.29 is 17.9 Å². The molecule has 6 nitrogen and oxygen atoms in total. The van der Waals surface area contributed by atoms with Gasteiger partial charge in [0, 0.05) is 31.2 Å². The van der Waals surface area contributed by atoms with E-state index in [0.717, 1.165) is 32.2 Å². The Bertz CT molecular complexity index is 710. The molecule has 1 aliphatic carbocycles. The molecule has 1 amide bonds. The molecule has 0 N–H and O–H groups in total. The first-order chi connectivity index (χ1) is 12.0. The summed E-state index contributed by atoms with van der Waals surface area (Å²) >= 11 is 0. The fourth-order valence-corrected chi connectivity index (χ4v) is 4.51. The van der Waals surface area contributed by atoms with Gasteiger partial charge in [-0.15, -0.1) is 0 Å². The number of hydrogen-bond acceptors (Lipinski definition) is 4. The Morgan fingerprint density at radius 2 is 2.00 bits per heavy atom. The van der Waals surface area contributed by atoms with Gasteiger partial charge in [0.1, 0.15) is 0 Å². The van der Waals surface area contributed by atoms with Crippen molar-refractivity contribution in [1.29, 1.82) is 0 Å². The van der Waals surface area contributed by atoms with Crippen LogP contribution >= 0.6 is 0 Å². The maximum atomic E-state index is 12.9. The van der Waals surface area contributed by atoms with E-state index < -0.39 is 10.0 Å². The number of benzene rings is 1. The molecule has 1 saturated heterocycles. The van der Waals surface area contributed by atoms with Gasteiger partial charge in [-0.3, -0.25) is 4.79 Å². The Morgan fingerprint density at radius 3 is 2.64 bits per heavy atom. The Kier molecular flexibility index (Phi) is 5.76. The maximum absolute atomic E-state index is 12.9. The zero-order valence-electron chi connectivity index (χ0n) is 14.7. The molecule has 0 aromatic heterocycles. The average molecular weight is 366 g/mol. The zero-order valence-corrected chi connectivity index (χ0v) is 15.5. The molecule has 138 valence electrons. The number of amides is 1. The summed E-state index contributed by atoms with van der Waals surface area (Å²) < 4.78 is 32.2. The second-order valence-electron chi connectivity index (χ2n) is 6.63. The summed E-state index contributed by atoms with van der Waals surface area (Å²) in [6.07, 6.45) is 4.08. The fraction of sp³-hybridized carbons (Fsp3) is 0.611.